The molecule has 6 heteroatoms. The van der Waals surface area contributed by atoms with Gasteiger partial charge in [0.2, 0.25) is 5.91 Å². The van der Waals surface area contributed by atoms with Crippen LogP contribution in [0.5, 0.6) is 0 Å². The lowest BCUT2D eigenvalue weighted by molar-refractivity contribution is -0.113. The lowest BCUT2D eigenvalue weighted by Gasteiger charge is -2.06. The van der Waals surface area contributed by atoms with Gasteiger partial charge in [-0.15, -0.1) is 11.8 Å². The van der Waals surface area contributed by atoms with Crippen molar-refractivity contribution in [3.8, 4) is 0 Å². The van der Waals surface area contributed by atoms with Crippen molar-refractivity contribution in [3.05, 3.63) is 59.7 Å². The molecule has 0 saturated carbocycles. The molecule has 1 amide bonds. The molecule has 0 saturated heterocycles. The quantitative estimate of drug-likeness (QED) is 0.834. The van der Waals surface area contributed by atoms with Crippen LogP contribution in [0.25, 0.3) is 0 Å². The zero-order chi connectivity index (χ0) is 15.2. The lowest BCUT2D eigenvalue weighted by atomic mass is 10.2. The van der Waals surface area contributed by atoms with Crippen molar-refractivity contribution in [1.29, 1.82) is 0 Å². The van der Waals surface area contributed by atoms with Crippen LogP contribution < -0.4 is 5.32 Å². The maximum Gasteiger partial charge on any atom is 0.234 e. The minimum Gasteiger partial charge on any atom is -0.392 e. The summed E-state index contributed by atoms with van der Waals surface area (Å²) in [5, 5.41) is 11.6. The van der Waals surface area contributed by atoms with Crippen LogP contribution in [0.1, 0.15) is 5.56 Å². The number of carbonyl (C=O) groups is 1. The van der Waals surface area contributed by atoms with Gasteiger partial charge >= 0.3 is 0 Å². The molecule has 2 aromatic carbocycles. The summed E-state index contributed by atoms with van der Waals surface area (Å²) in [4.78, 5) is 12.0. The van der Waals surface area contributed by atoms with Crippen molar-refractivity contribution < 1.29 is 18.7 Å². The van der Waals surface area contributed by atoms with Crippen LogP contribution in [0.15, 0.2) is 47.4 Å². The molecule has 0 heterocycles. The van der Waals surface area contributed by atoms with Crippen LogP contribution in [0.3, 0.4) is 0 Å². The fourth-order valence-electron chi connectivity index (χ4n) is 1.63. The Morgan fingerprint density at radius 1 is 1.14 bits per heavy atom. The number of aliphatic hydroxyl groups excluding tert-OH is 1. The van der Waals surface area contributed by atoms with E-state index in [0.717, 1.165) is 29.5 Å². The predicted octanol–water partition coefficient (Wildman–Crippen LogP) is 3.19. The Balaban J connectivity index is 1.89. The molecule has 2 rings (SSSR count). The first-order valence-electron chi connectivity index (χ1n) is 6.16. The van der Waals surface area contributed by atoms with Gasteiger partial charge in [-0.05, 0) is 29.8 Å². The highest BCUT2D eigenvalue weighted by atomic mass is 32.2. The van der Waals surface area contributed by atoms with Crippen LogP contribution in [0.2, 0.25) is 0 Å². The van der Waals surface area contributed by atoms with E-state index in [-0.39, 0.29) is 23.2 Å². The first kappa shape index (κ1) is 15.5. The minimum atomic E-state index is -0.680. The van der Waals surface area contributed by atoms with Crippen LogP contribution in [-0.4, -0.2) is 16.8 Å². The van der Waals surface area contributed by atoms with Crippen LogP contribution in [0.4, 0.5) is 14.5 Å². The number of carbonyl (C=O) groups excluding carboxylic acids is 1. The normalized spacial score (nSPS) is 10.4. The van der Waals surface area contributed by atoms with Crippen molar-refractivity contribution in [2.45, 2.75) is 11.5 Å². The number of aliphatic hydroxyl groups is 1. The molecule has 2 aromatic rings. The van der Waals surface area contributed by atoms with E-state index < -0.39 is 11.6 Å². The largest absolute Gasteiger partial charge is 0.392 e. The van der Waals surface area contributed by atoms with Crippen molar-refractivity contribution in [1.82, 2.24) is 0 Å². The molecular weight excluding hydrogens is 296 g/mol. The number of halogens is 2. The van der Waals surface area contributed by atoms with Gasteiger partial charge < -0.3 is 10.4 Å². The first-order valence-corrected chi connectivity index (χ1v) is 7.14. The van der Waals surface area contributed by atoms with E-state index in [4.69, 9.17) is 5.11 Å². The first-order chi connectivity index (χ1) is 10.1. The molecule has 0 aliphatic carbocycles. The number of nitrogens with one attached hydrogen (secondary N) is 1. The number of anilines is 1. The average Bonchev–Trinajstić information content (AvgIpc) is 2.47. The summed E-state index contributed by atoms with van der Waals surface area (Å²) >= 11 is 0.997. The smallest absolute Gasteiger partial charge is 0.234 e. The summed E-state index contributed by atoms with van der Waals surface area (Å²) in [6.45, 7) is -0.0616. The number of thioether (sulfide) groups is 1. The van der Waals surface area contributed by atoms with Gasteiger partial charge in [-0.25, -0.2) is 8.78 Å². The summed E-state index contributed by atoms with van der Waals surface area (Å²) in [7, 11) is 0. The van der Waals surface area contributed by atoms with E-state index >= 15 is 0 Å². The Morgan fingerprint density at radius 2 is 1.86 bits per heavy atom. The molecular formula is C15H13F2NO2S. The third-order valence-corrected chi connectivity index (χ3v) is 3.72. The molecule has 2 N–H and O–H groups in total. The van der Waals surface area contributed by atoms with Gasteiger partial charge in [-0.1, -0.05) is 12.1 Å². The second kappa shape index (κ2) is 7.19. The Hall–Kier alpha value is -1.92. The van der Waals surface area contributed by atoms with E-state index in [1.54, 1.807) is 24.3 Å². The number of benzene rings is 2. The lowest BCUT2D eigenvalue weighted by Crippen LogP contribution is -2.14. The number of hydrogen-bond acceptors (Lipinski definition) is 3. The number of amides is 1. The molecule has 0 bridgehead atoms. The molecule has 0 aliphatic heterocycles. The van der Waals surface area contributed by atoms with Gasteiger partial charge in [0.05, 0.1) is 12.4 Å². The number of hydrogen-bond donors (Lipinski definition) is 2. The van der Waals surface area contributed by atoms with Crippen molar-refractivity contribution in [3.63, 3.8) is 0 Å². The van der Waals surface area contributed by atoms with Gasteiger partial charge in [0.15, 0.2) is 0 Å². The summed E-state index contributed by atoms with van der Waals surface area (Å²) < 4.78 is 26.1. The topological polar surface area (TPSA) is 49.3 Å². The molecule has 0 unspecified atom stereocenters. The highest BCUT2D eigenvalue weighted by Crippen LogP contribution is 2.22. The fourth-order valence-corrected chi connectivity index (χ4v) is 2.35. The van der Waals surface area contributed by atoms with E-state index in [1.165, 1.54) is 6.07 Å². The Kier molecular flexibility index (Phi) is 5.30. The Labute approximate surface area is 125 Å². The molecule has 3 nitrogen and oxygen atoms in total. The Bertz CT molecular complexity index is 632. The van der Waals surface area contributed by atoms with Crippen molar-refractivity contribution in [2.75, 3.05) is 11.1 Å². The summed E-state index contributed by atoms with van der Waals surface area (Å²) in [5.74, 6) is -1.60. The van der Waals surface area contributed by atoms with Gasteiger partial charge in [0, 0.05) is 16.6 Å². The molecule has 0 radical (unpaired) electrons. The van der Waals surface area contributed by atoms with Gasteiger partial charge in [-0.3, -0.25) is 4.79 Å². The SMILES string of the molecule is O=C(CSc1ccc(F)cc1F)Nc1ccc(CO)cc1. The summed E-state index contributed by atoms with van der Waals surface area (Å²) in [5.41, 5.74) is 1.34. The van der Waals surface area contributed by atoms with E-state index in [0.29, 0.717) is 5.69 Å². The van der Waals surface area contributed by atoms with E-state index in [9.17, 15) is 13.6 Å². The van der Waals surface area contributed by atoms with Crippen molar-refractivity contribution in [2.24, 2.45) is 0 Å². The zero-order valence-electron chi connectivity index (χ0n) is 11.0. The van der Waals surface area contributed by atoms with Gasteiger partial charge in [-0.2, -0.15) is 0 Å². The average molecular weight is 309 g/mol. The monoisotopic (exact) mass is 309 g/mol. The molecule has 0 spiro atoms. The fraction of sp³-hybridized carbons (Fsp3) is 0.133. The standard InChI is InChI=1S/C15H13F2NO2S/c16-11-3-6-14(13(17)7-11)21-9-15(20)18-12-4-1-10(8-19)2-5-12/h1-7,19H,8-9H2,(H,18,20). The molecule has 110 valence electrons. The maximum absolute atomic E-state index is 13.4. The second-order valence-corrected chi connectivity index (χ2v) is 5.28. The minimum absolute atomic E-state index is 0.0182. The summed E-state index contributed by atoms with van der Waals surface area (Å²) in [6, 6.07) is 9.98. The molecule has 0 aliphatic rings. The van der Waals surface area contributed by atoms with Crippen LogP contribution >= 0.6 is 11.8 Å². The van der Waals surface area contributed by atoms with Crippen LogP contribution in [-0.2, 0) is 11.4 Å². The number of rotatable bonds is 5. The highest BCUT2D eigenvalue weighted by molar-refractivity contribution is 8.00. The molecule has 21 heavy (non-hydrogen) atoms. The second-order valence-electron chi connectivity index (χ2n) is 4.27. The molecule has 0 aromatic heterocycles. The van der Waals surface area contributed by atoms with Crippen LogP contribution in [0, 0.1) is 11.6 Å². The third-order valence-electron chi connectivity index (χ3n) is 2.67. The van der Waals surface area contributed by atoms with Gasteiger partial charge in [0.25, 0.3) is 0 Å². The predicted molar refractivity (Wildman–Crippen MR) is 78.1 cm³/mol. The van der Waals surface area contributed by atoms with E-state index in [1.807, 2.05) is 0 Å². The van der Waals surface area contributed by atoms with E-state index in [2.05, 4.69) is 5.32 Å². The third kappa shape index (κ3) is 4.54. The van der Waals surface area contributed by atoms with Crippen molar-refractivity contribution >= 4 is 23.4 Å². The summed E-state index contributed by atoms with van der Waals surface area (Å²) in [6.07, 6.45) is 0. The zero-order valence-corrected chi connectivity index (χ0v) is 11.8. The Morgan fingerprint density at radius 3 is 2.48 bits per heavy atom. The molecule has 0 fully saturated rings. The maximum atomic E-state index is 13.4. The molecule has 0 atom stereocenters. The van der Waals surface area contributed by atoms with Gasteiger partial charge in [0.1, 0.15) is 11.6 Å². The highest BCUT2D eigenvalue weighted by Gasteiger charge is 2.08.